The molecule has 0 spiro atoms. The maximum absolute atomic E-state index is 11.1. The molecule has 1 aromatic carbocycles. The van der Waals surface area contributed by atoms with Crippen LogP contribution in [0.3, 0.4) is 0 Å². The highest BCUT2D eigenvalue weighted by Crippen LogP contribution is 2.35. The molecule has 3 heteroatoms. The molecule has 0 fully saturated rings. The Hall–Kier alpha value is -1.06. The summed E-state index contributed by atoms with van der Waals surface area (Å²) in [5.74, 6) is 1.01. The van der Waals surface area contributed by atoms with E-state index in [1.54, 1.807) is 0 Å². The van der Waals surface area contributed by atoms with Gasteiger partial charge in [0.1, 0.15) is 5.75 Å². The summed E-state index contributed by atoms with van der Waals surface area (Å²) in [4.78, 5) is 2.12. The second kappa shape index (κ2) is 8.40. The van der Waals surface area contributed by atoms with Crippen LogP contribution in [0.25, 0.3) is 0 Å². The molecule has 3 nitrogen and oxygen atoms in total. The number of nitrogens with zero attached hydrogens (tertiary/aromatic N) is 1. The van der Waals surface area contributed by atoms with Gasteiger partial charge in [-0.05, 0) is 44.6 Å². The maximum atomic E-state index is 11.1. The average molecular weight is 293 g/mol. The summed E-state index contributed by atoms with van der Waals surface area (Å²) >= 11 is 0. The Bertz CT molecular complexity index is 419. The van der Waals surface area contributed by atoms with E-state index in [1.807, 2.05) is 45.3 Å². The Morgan fingerprint density at radius 1 is 1.29 bits per heavy atom. The Balaban J connectivity index is 2.91. The van der Waals surface area contributed by atoms with Gasteiger partial charge in [-0.25, -0.2) is 0 Å². The smallest absolute Gasteiger partial charge is 0.119 e. The summed E-state index contributed by atoms with van der Waals surface area (Å²) in [5, 5.41) is 11.1. The van der Waals surface area contributed by atoms with Crippen LogP contribution in [0.4, 0.5) is 0 Å². The molecule has 120 valence electrons. The molecule has 0 unspecified atom stereocenters. The van der Waals surface area contributed by atoms with Crippen molar-refractivity contribution in [3.8, 4) is 5.75 Å². The number of rotatable bonds is 9. The van der Waals surface area contributed by atoms with Gasteiger partial charge < -0.3 is 14.7 Å². The maximum Gasteiger partial charge on any atom is 0.119 e. The summed E-state index contributed by atoms with van der Waals surface area (Å²) < 4.78 is 5.77. The third-order valence-electron chi connectivity index (χ3n) is 4.09. The minimum absolute atomic E-state index is 0.156. The quantitative estimate of drug-likeness (QED) is 0.705. The highest BCUT2D eigenvalue weighted by molar-refractivity contribution is 5.33. The molecular formula is C18H31NO2. The highest BCUT2D eigenvalue weighted by atomic mass is 16.5. The standard InChI is InChI=1S/C18H31NO2/c1-6-8-12-21-17-11-9-10-16(13-17)18(20,7-2)15(3)14-19(4)5/h9-11,13,15,20H,6-8,12,14H2,1-5H3/t15-,18+/m0/s1. The molecule has 21 heavy (non-hydrogen) atoms. The molecule has 1 aromatic rings. The van der Waals surface area contributed by atoms with E-state index in [2.05, 4.69) is 18.7 Å². The van der Waals surface area contributed by atoms with Crippen LogP contribution in [0.15, 0.2) is 24.3 Å². The largest absolute Gasteiger partial charge is 0.494 e. The van der Waals surface area contributed by atoms with Gasteiger partial charge in [0.05, 0.1) is 12.2 Å². The van der Waals surface area contributed by atoms with Crippen molar-refractivity contribution < 1.29 is 9.84 Å². The van der Waals surface area contributed by atoms with Crippen LogP contribution in [0.2, 0.25) is 0 Å². The topological polar surface area (TPSA) is 32.7 Å². The van der Waals surface area contributed by atoms with E-state index in [0.29, 0.717) is 6.42 Å². The summed E-state index contributed by atoms with van der Waals surface area (Å²) in [6, 6.07) is 7.93. The zero-order valence-corrected chi connectivity index (χ0v) is 14.2. The van der Waals surface area contributed by atoms with Crippen molar-refractivity contribution in [3.63, 3.8) is 0 Å². The Morgan fingerprint density at radius 2 is 2.00 bits per heavy atom. The SMILES string of the molecule is CCCCOc1cccc([C@@](O)(CC)[C@@H](C)CN(C)C)c1. The van der Waals surface area contributed by atoms with E-state index >= 15 is 0 Å². The number of aliphatic hydroxyl groups is 1. The van der Waals surface area contributed by atoms with E-state index in [4.69, 9.17) is 4.74 Å². The third-order valence-corrected chi connectivity index (χ3v) is 4.09. The van der Waals surface area contributed by atoms with Gasteiger partial charge in [0.2, 0.25) is 0 Å². The molecule has 0 radical (unpaired) electrons. The summed E-state index contributed by atoms with van der Waals surface area (Å²) in [6.07, 6.45) is 2.87. The molecule has 0 aromatic heterocycles. The molecule has 0 aliphatic heterocycles. The lowest BCUT2D eigenvalue weighted by molar-refractivity contribution is -0.0293. The molecule has 0 saturated carbocycles. The van der Waals surface area contributed by atoms with E-state index in [0.717, 1.165) is 37.3 Å². The van der Waals surface area contributed by atoms with Crippen molar-refractivity contribution in [1.29, 1.82) is 0 Å². The molecule has 0 saturated heterocycles. The van der Waals surface area contributed by atoms with E-state index < -0.39 is 5.60 Å². The molecular weight excluding hydrogens is 262 g/mol. The highest BCUT2D eigenvalue weighted by Gasteiger charge is 2.34. The number of ether oxygens (including phenoxy) is 1. The number of benzene rings is 1. The van der Waals surface area contributed by atoms with Crippen molar-refractivity contribution in [1.82, 2.24) is 4.90 Å². The normalized spacial score (nSPS) is 15.8. The van der Waals surface area contributed by atoms with Gasteiger partial charge in [-0.1, -0.05) is 39.3 Å². The fourth-order valence-electron chi connectivity index (χ4n) is 2.73. The zero-order valence-electron chi connectivity index (χ0n) is 14.2. The van der Waals surface area contributed by atoms with Gasteiger partial charge in [-0.3, -0.25) is 0 Å². The van der Waals surface area contributed by atoms with Crippen LogP contribution in [0.5, 0.6) is 5.75 Å². The Kier molecular flexibility index (Phi) is 7.20. The van der Waals surface area contributed by atoms with Crippen LogP contribution < -0.4 is 4.74 Å². The zero-order chi connectivity index (χ0) is 15.9. The van der Waals surface area contributed by atoms with Crippen LogP contribution in [-0.4, -0.2) is 37.3 Å². The van der Waals surface area contributed by atoms with Gasteiger partial charge >= 0.3 is 0 Å². The monoisotopic (exact) mass is 293 g/mol. The fourth-order valence-corrected chi connectivity index (χ4v) is 2.73. The number of hydrogen-bond donors (Lipinski definition) is 1. The van der Waals surface area contributed by atoms with E-state index in [-0.39, 0.29) is 5.92 Å². The molecule has 0 amide bonds. The molecule has 0 heterocycles. The second-order valence-electron chi connectivity index (χ2n) is 6.17. The first-order valence-electron chi connectivity index (χ1n) is 8.04. The van der Waals surface area contributed by atoms with Crippen LogP contribution in [0, 0.1) is 5.92 Å². The third kappa shape index (κ3) is 5.01. The molecule has 0 bridgehead atoms. The summed E-state index contributed by atoms with van der Waals surface area (Å²) in [6.45, 7) is 7.88. The minimum Gasteiger partial charge on any atom is -0.494 e. The second-order valence-corrected chi connectivity index (χ2v) is 6.17. The van der Waals surface area contributed by atoms with Crippen LogP contribution >= 0.6 is 0 Å². The van der Waals surface area contributed by atoms with Gasteiger partial charge in [-0.15, -0.1) is 0 Å². The fraction of sp³-hybridized carbons (Fsp3) is 0.667. The van der Waals surface area contributed by atoms with Crippen molar-refractivity contribution in [2.75, 3.05) is 27.2 Å². The van der Waals surface area contributed by atoms with Gasteiger partial charge in [0.25, 0.3) is 0 Å². The predicted molar refractivity (Wildman–Crippen MR) is 88.8 cm³/mol. The molecule has 1 rings (SSSR count). The van der Waals surface area contributed by atoms with Gasteiger partial charge in [0.15, 0.2) is 0 Å². The first-order valence-corrected chi connectivity index (χ1v) is 8.04. The number of hydrogen-bond acceptors (Lipinski definition) is 3. The van der Waals surface area contributed by atoms with Gasteiger partial charge in [-0.2, -0.15) is 0 Å². The first-order chi connectivity index (χ1) is 9.93. The lowest BCUT2D eigenvalue weighted by Crippen LogP contribution is -2.38. The van der Waals surface area contributed by atoms with E-state index in [1.165, 1.54) is 0 Å². The number of unbranched alkanes of at least 4 members (excludes halogenated alkanes) is 1. The molecule has 0 aliphatic carbocycles. The van der Waals surface area contributed by atoms with E-state index in [9.17, 15) is 5.11 Å². The molecule has 1 N–H and O–H groups in total. The summed E-state index contributed by atoms with van der Waals surface area (Å²) in [5.41, 5.74) is 0.141. The van der Waals surface area contributed by atoms with Crippen molar-refractivity contribution in [3.05, 3.63) is 29.8 Å². The average Bonchev–Trinajstić information content (AvgIpc) is 2.46. The predicted octanol–water partition coefficient (Wildman–Crippen LogP) is 3.66. The van der Waals surface area contributed by atoms with Crippen molar-refractivity contribution in [2.45, 2.75) is 45.6 Å². The summed E-state index contributed by atoms with van der Waals surface area (Å²) in [7, 11) is 4.08. The lowest BCUT2D eigenvalue weighted by Gasteiger charge is -2.35. The Morgan fingerprint density at radius 3 is 2.57 bits per heavy atom. The van der Waals surface area contributed by atoms with Crippen LogP contribution in [-0.2, 0) is 5.60 Å². The minimum atomic E-state index is -0.811. The molecule has 2 atom stereocenters. The van der Waals surface area contributed by atoms with Crippen molar-refractivity contribution in [2.24, 2.45) is 5.92 Å². The Labute approximate surface area is 129 Å². The van der Waals surface area contributed by atoms with Gasteiger partial charge in [0, 0.05) is 12.5 Å². The first kappa shape index (κ1) is 18.0. The van der Waals surface area contributed by atoms with Crippen LogP contribution in [0.1, 0.15) is 45.6 Å². The lowest BCUT2D eigenvalue weighted by atomic mass is 9.80. The van der Waals surface area contributed by atoms with Crippen molar-refractivity contribution >= 4 is 0 Å². The molecule has 0 aliphatic rings.